The van der Waals surface area contributed by atoms with Gasteiger partial charge in [-0.1, -0.05) is 35.3 Å². The average molecular weight is 288 g/mol. The minimum atomic E-state index is -0.184. The molecule has 0 amide bonds. The molecule has 1 unspecified atom stereocenters. The predicted octanol–water partition coefficient (Wildman–Crippen LogP) is 3.77. The lowest BCUT2D eigenvalue weighted by Gasteiger charge is -2.16. The molecule has 1 nitrogen and oxygen atoms in total. The molecule has 16 heavy (non-hydrogen) atoms. The van der Waals surface area contributed by atoms with Crippen LogP contribution in [0.25, 0.3) is 0 Å². The van der Waals surface area contributed by atoms with Gasteiger partial charge in [0.15, 0.2) is 0 Å². The van der Waals surface area contributed by atoms with E-state index >= 15 is 0 Å². The number of hydrogen-bond acceptors (Lipinski definition) is 1. The topological polar surface area (TPSA) is 12.0 Å². The van der Waals surface area contributed by atoms with E-state index in [4.69, 9.17) is 0 Å². The van der Waals surface area contributed by atoms with Gasteiger partial charge in [0, 0.05) is 4.47 Å². The Kier molecular flexibility index (Phi) is 5.99. The molecule has 1 atom stereocenters. The van der Waals surface area contributed by atoms with Crippen LogP contribution >= 0.6 is 15.9 Å². The summed E-state index contributed by atoms with van der Waals surface area (Å²) in [6, 6.07) is 4.94. The Morgan fingerprint density at radius 3 is 2.75 bits per heavy atom. The highest BCUT2D eigenvalue weighted by Crippen LogP contribution is 2.22. The molecule has 1 N–H and O–H groups in total. The van der Waals surface area contributed by atoms with Crippen molar-refractivity contribution >= 4 is 15.9 Å². The average Bonchev–Trinajstić information content (AvgIpc) is 2.23. The summed E-state index contributed by atoms with van der Waals surface area (Å²) in [5.74, 6) is 0.438. The van der Waals surface area contributed by atoms with Gasteiger partial charge in [0.05, 0.1) is 0 Å². The van der Waals surface area contributed by atoms with Gasteiger partial charge in [-0.05, 0) is 50.0 Å². The van der Waals surface area contributed by atoms with Crippen molar-refractivity contribution in [1.29, 1.82) is 0 Å². The van der Waals surface area contributed by atoms with E-state index in [1.807, 2.05) is 13.1 Å². The fraction of sp³-hybridized carbons (Fsp3) is 0.538. The van der Waals surface area contributed by atoms with E-state index in [-0.39, 0.29) is 5.82 Å². The van der Waals surface area contributed by atoms with Crippen molar-refractivity contribution in [1.82, 2.24) is 5.32 Å². The molecule has 0 saturated heterocycles. The van der Waals surface area contributed by atoms with Crippen molar-refractivity contribution in [3.05, 3.63) is 34.1 Å². The molecule has 1 rings (SSSR count). The lowest BCUT2D eigenvalue weighted by Crippen LogP contribution is -2.20. The Morgan fingerprint density at radius 1 is 1.44 bits per heavy atom. The summed E-state index contributed by atoms with van der Waals surface area (Å²) in [6.45, 7) is 3.21. The van der Waals surface area contributed by atoms with Crippen molar-refractivity contribution in [3.8, 4) is 0 Å². The predicted molar refractivity (Wildman–Crippen MR) is 70.1 cm³/mol. The summed E-state index contributed by atoms with van der Waals surface area (Å²) in [7, 11) is 1.97. The first-order valence-electron chi connectivity index (χ1n) is 5.75. The maximum atomic E-state index is 12.9. The lowest BCUT2D eigenvalue weighted by atomic mass is 9.95. The van der Waals surface area contributed by atoms with E-state index in [9.17, 15) is 4.39 Å². The van der Waals surface area contributed by atoms with E-state index in [1.54, 1.807) is 0 Å². The summed E-state index contributed by atoms with van der Waals surface area (Å²) >= 11 is 3.42. The molecule has 3 heteroatoms. The molecule has 0 aliphatic carbocycles. The second-order valence-electron chi connectivity index (χ2n) is 4.15. The maximum Gasteiger partial charge on any atom is 0.124 e. The minimum absolute atomic E-state index is 0.184. The second kappa shape index (κ2) is 7.02. The van der Waals surface area contributed by atoms with Crippen molar-refractivity contribution in [2.24, 2.45) is 5.92 Å². The zero-order chi connectivity index (χ0) is 12.0. The van der Waals surface area contributed by atoms with Crippen LogP contribution in [0, 0.1) is 11.7 Å². The fourth-order valence-corrected chi connectivity index (χ4v) is 2.48. The van der Waals surface area contributed by atoms with E-state index in [0.29, 0.717) is 5.92 Å². The van der Waals surface area contributed by atoms with Gasteiger partial charge in [0.25, 0.3) is 0 Å². The van der Waals surface area contributed by atoms with Crippen LogP contribution in [-0.4, -0.2) is 13.6 Å². The van der Waals surface area contributed by atoms with Crippen LogP contribution in [0.5, 0.6) is 0 Å². The summed E-state index contributed by atoms with van der Waals surface area (Å²) < 4.78 is 13.8. The first kappa shape index (κ1) is 13.7. The van der Waals surface area contributed by atoms with Crippen LogP contribution < -0.4 is 5.32 Å². The highest BCUT2D eigenvalue weighted by Gasteiger charge is 2.10. The Morgan fingerprint density at radius 2 is 2.19 bits per heavy atom. The molecule has 0 aliphatic rings. The molecular weight excluding hydrogens is 269 g/mol. The minimum Gasteiger partial charge on any atom is -0.319 e. The van der Waals surface area contributed by atoms with Gasteiger partial charge in [0.2, 0.25) is 0 Å². The molecule has 1 aromatic carbocycles. The lowest BCUT2D eigenvalue weighted by molar-refractivity contribution is 0.455. The van der Waals surface area contributed by atoms with Crippen LogP contribution in [0.15, 0.2) is 22.7 Å². The molecule has 0 aliphatic heterocycles. The molecule has 0 heterocycles. The van der Waals surface area contributed by atoms with Crippen LogP contribution in [-0.2, 0) is 6.42 Å². The molecule has 1 aromatic rings. The van der Waals surface area contributed by atoms with E-state index < -0.39 is 0 Å². The summed E-state index contributed by atoms with van der Waals surface area (Å²) in [5, 5.41) is 3.21. The van der Waals surface area contributed by atoms with Gasteiger partial charge in [0.1, 0.15) is 5.82 Å². The van der Waals surface area contributed by atoms with E-state index in [2.05, 4.69) is 28.2 Å². The van der Waals surface area contributed by atoms with Crippen LogP contribution in [0.1, 0.15) is 25.3 Å². The third-order valence-electron chi connectivity index (χ3n) is 2.71. The number of nitrogens with one attached hydrogen (secondary N) is 1. The summed E-state index contributed by atoms with van der Waals surface area (Å²) in [6.07, 6.45) is 3.38. The normalized spacial score (nSPS) is 12.8. The first-order valence-corrected chi connectivity index (χ1v) is 6.55. The Hall–Kier alpha value is -0.410. The smallest absolute Gasteiger partial charge is 0.124 e. The standard InChI is InChI=1S/C13H19BrFN/c1-3-4-10(9-16-2)7-11-5-6-12(15)8-13(11)14/h5-6,8,10,16H,3-4,7,9H2,1-2H3. The van der Waals surface area contributed by atoms with Crippen molar-refractivity contribution < 1.29 is 4.39 Å². The van der Waals surface area contributed by atoms with Crippen LogP contribution in [0.4, 0.5) is 4.39 Å². The number of hydrogen-bond donors (Lipinski definition) is 1. The molecule has 0 bridgehead atoms. The zero-order valence-electron chi connectivity index (χ0n) is 9.89. The molecule has 0 saturated carbocycles. The van der Waals surface area contributed by atoms with Crippen LogP contribution in [0.2, 0.25) is 0 Å². The Bertz CT molecular complexity index is 322. The zero-order valence-corrected chi connectivity index (χ0v) is 11.5. The van der Waals surface area contributed by atoms with Crippen molar-refractivity contribution in [3.63, 3.8) is 0 Å². The van der Waals surface area contributed by atoms with Gasteiger partial charge in [-0.25, -0.2) is 4.39 Å². The highest BCUT2D eigenvalue weighted by atomic mass is 79.9. The first-order chi connectivity index (χ1) is 7.67. The van der Waals surface area contributed by atoms with Gasteiger partial charge in [-0.15, -0.1) is 0 Å². The van der Waals surface area contributed by atoms with Crippen molar-refractivity contribution in [2.75, 3.05) is 13.6 Å². The van der Waals surface area contributed by atoms with Gasteiger partial charge in [-0.3, -0.25) is 0 Å². The summed E-state index contributed by atoms with van der Waals surface area (Å²) in [5.41, 5.74) is 1.19. The highest BCUT2D eigenvalue weighted by molar-refractivity contribution is 9.10. The molecule has 90 valence electrons. The molecule has 0 fully saturated rings. The van der Waals surface area contributed by atoms with E-state index in [1.165, 1.54) is 30.5 Å². The fourth-order valence-electron chi connectivity index (χ4n) is 1.97. The van der Waals surface area contributed by atoms with Gasteiger partial charge in [-0.2, -0.15) is 0 Å². The monoisotopic (exact) mass is 287 g/mol. The molecule has 0 radical (unpaired) electrons. The SMILES string of the molecule is CCCC(CNC)Cc1ccc(F)cc1Br. The number of halogens is 2. The van der Waals surface area contributed by atoms with Gasteiger partial charge >= 0.3 is 0 Å². The third-order valence-corrected chi connectivity index (χ3v) is 3.45. The maximum absolute atomic E-state index is 12.9. The quantitative estimate of drug-likeness (QED) is 0.840. The molecule has 0 aromatic heterocycles. The molecular formula is C13H19BrFN. The Labute approximate surface area is 106 Å². The number of rotatable bonds is 6. The largest absolute Gasteiger partial charge is 0.319 e. The van der Waals surface area contributed by atoms with Gasteiger partial charge < -0.3 is 5.32 Å². The summed E-state index contributed by atoms with van der Waals surface area (Å²) in [4.78, 5) is 0. The Balaban J connectivity index is 2.68. The number of benzene rings is 1. The van der Waals surface area contributed by atoms with Crippen LogP contribution in [0.3, 0.4) is 0 Å². The molecule has 0 spiro atoms. The van der Waals surface area contributed by atoms with E-state index in [0.717, 1.165) is 17.4 Å². The second-order valence-corrected chi connectivity index (χ2v) is 5.01. The van der Waals surface area contributed by atoms with Crippen molar-refractivity contribution in [2.45, 2.75) is 26.2 Å². The third kappa shape index (κ3) is 4.22.